The van der Waals surface area contributed by atoms with E-state index in [1.807, 2.05) is 32.2 Å². The summed E-state index contributed by atoms with van der Waals surface area (Å²) in [6, 6.07) is 1.98. The topological polar surface area (TPSA) is 67.3 Å². The van der Waals surface area contributed by atoms with Gasteiger partial charge in [-0.2, -0.15) is 0 Å². The van der Waals surface area contributed by atoms with E-state index < -0.39 is 5.60 Å². The van der Waals surface area contributed by atoms with E-state index in [2.05, 4.69) is 15.3 Å². The Hall–Kier alpha value is -1.60. The number of ether oxygens (including phenoxy) is 1. The summed E-state index contributed by atoms with van der Waals surface area (Å²) in [5, 5.41) is 6.50. The fraction of sp³-hybridized carbons (Fsp3) is 0.533. The Balaban J connectivity index is 1.53. The van der Waals surface area contributed by atoms with E-state index in [-0.39, 0.29) is 11.4 Å². The number of likely N-dealkylation sites (tertiary alicyclic amines) is 1. The maximum atomic E-state index is 11.9. The number of nitrogens with one attached hydrogen (secondary N) is 1. The van der Waals surface area contributed by atoms with Crippen LogP contribution < -0.4 is 5.32 Å². The van der Waals surface area contributed by atoms with E-state index in [1.165, 1.54) is 11.3 Å². The second kappa shape index (κ2) is 6.13. The predicted octanol–water partition coefficient (Wildman–Crippen LogP) is 3.62. The second-order valence-corrected chi connectivity index (χ2v) is 7.85. The molecule has 1 fully saturated rings. The van der Waals surface area contributed by atoms with Crippen molar-refractivity contribution in [3.8, 4) is 0 Å². The van der Waals surface area contributed by atoms with Gasteiger partial charge < -0.3 is 15.0 Å². The molecule has 0 spiro atoms. The monoisotopic (exact) mass is 354 g/mol. The number of aromatic nitrogens is 2. The minimum atomic E-state index is -0.456. The van der Waals surface area contributed by atoms with Gasteiger partial charge in [0.1, 0.15) is 16.2 Å². The third-order valence-corrected chi connectivity index (χ3v) is 4.44. The van der Waals surface area contributed by atoms with Crippen molar-refractivity contribution in [1.29, 1.82) is 0 Å². The van der Waals surface area contributed by atoms with Crippen LogP contribution >= 0.6 is 22.9 Å². The summed E-state index contributed by atoms with van der Waals surface area (Å²) in [6.07, 6.45) is -0.251. The molecule has 0 bridgehead atoms. The molecular formula is C15H19ClN4O2S. The van der Waals surface area contributed by atoms with Crippen LogP contribution in [0.1, 0.15) is 20.8 Å². The normalized spacial score (nSPS) is 15.6. The zero-order chi connectivity index (χ0) is 16.6. The van der Waals surface area contributed by atoms with Crippen LogP contribution in [0.15, 0.2) is 11.4 Å². The molecule has 2 aromatic heterocycles. The van der Waals surface area contributed by atoms with Crippen LogP contribution in [-0.4, -0.2) is 46.2 Å². The quantitative estimate of drug-likeness (QED) is 0.852. The van der Waals surface area contributed by atoms with Crippen LogP contribution in [0.25, 0.3) is 10.2 Å². The maximum Gasteiger partial charge on any atom is 0.410 e. The summed E-state index contributed by atoms with van der Waals surface area (Å²) in [6.45, 7) is 7.72. The number of nitrogens with zero attached hydrogens (tertiary/aromatic N) is 3. The van der Waals surface area contributed by atoms with Gasteiger partial charge in [-0.3, -0.25) is 0 Å². The Labute approximate surface area is 143 Å². The van der Waals surface area contributed by atoms with Crippen LogP contribution in [0.4, 0.5) is 10.6 Å². The van der Waals surface area contributed by atoms with Crippen LogP contribution in [0.2, 0.25) is 5.28 Å². The number of hydrogen-bond donors (Lipinski definition) is 1. The van der Waals surface area contributed by atoms with Crippen molar-refractivity contribution in [2.45, 2.75) is 26.4 Å². The average Bonchev–Trinajstić information content (AvgIpc) is 2.82. The molecule has 3 rings (SSSR count). The van der Waals surface area contributed by atoms with Gasteiger partial charge in [0.2, 0.25) is 5.28 Å². The average molecular weight is 355 g/mol. The van der Waals surface area contributed by atoms with Gasteiger partial charge in [-0.15, -0.1) is 11.3 Å². The Morgan fingerprint density at radius 1 is 1.48 bits per heavy atom. The van der Waals surface area contributed by atoms with Gasteiger partial charge in [0, 0.05) is 25.6 Å². The highest BCUT2D eigenvalue weighted by atomic mass is 35.5. The number of thiophene rings is 1. The summed E-state index contributed by atoms with van der Waals surface area (Å²) in [5.74, 6) is 1.13. The molecule has 1 aliphatic heterocycles. The summed E-state index contributed by atoms with van der Waals surface area (Å²) < 4.78 is 5.35. The first-order valence-electron chi connectivity index (χ1n) is 7.44. The van der Waals surface area contributed by atoms with Gasteiger partial charge >= 0.3 is 6.09 Å². The third-order valence-electron chi connectivity index (χ3n) is 3.46. The number of anilines is 1. The lowest BCUT2D eigenvalue weighted by Gasteiger charge is -2.39. The predicted molar refractivity (Wildman–Crippen MR) is 92.2 cm³/mol. The Bertz CT molecular complexity index is 722. The molecule has 124 valence electrons. The Morgan fingerprint density at radius 2 is 2.22 bits per heavy atom. The number of hydrogen-bond acceptors (Lipinski definition) is 6. The van der Waals surface area contributed by atoms with Crippen molar-refractivity contribution >= 4 is 45.1 Å². The minimum absolute atomic E-state index is 0.242. The van der Waals surface area contributed by atoms with Crippen LogP contribution in [0.3, 0.4) is 0 Å². The summed E-state index contributed by atoms with van der Waals surface area (Å²) in [4.78, 5) is 22.9. The molecular weight excluding hydrogens is 336 g/mol. The molecule has 0 atom stereocenters. The largest absolute Gasteiger partial charge is 0.444 e. The molecule has 0 aromatic carbocycles. The van der Waals surface area contributed by atoms with E-state index in [1.54, 1.807) is 4.90 Å². The van der Waals surface area contributed by atoms with Gasteiger partial charge in [0.05, 0.1) is 5.39 Å². The lowest BCUT2D eigenvalue weighted by molar-refractivity contribution is 0.000843. The fourth-order valence-corrected chi connectivity index (χ4v) is 3.36. The van der Waals surface area contributed by atoms with Gasteiger partial charge in [-0.25, -0.2) is 14.8 Å². The van der Waals surface area contributed by atoms with Gasteiger partial charge in [-0.1, -0.05) is 0 Å². The Kier molecular flexibility index (Phi) is 4.33. The van der Waals surface area contributed by atoms with E-state index in [0.29, 0.717) is 19.0 Å². The minimum Gasteiger partial charge on any atom is -0.444 e. The third kappa shape index (κ3) is 3.84. The standard InChI is InChI=1S/C15H19ClN4O2S/c1-15(2,3)22-14(21)20-7-9(8-20)6-17-11-10-4-5-23-12(10)19-13(16)18-11/h4-5,9H,6-8H2,1-3H3,(H,17,18,19). The summed E-state index contributed by atoms with van der Waals surface area (Å²) >= 11 is 7.48. The smallest absolute Gasteiger partial charge is 0.410 e. The SMILES string of the molecule is CC(C)(C)OC(=O)N1CC(CNc2nc(Cl)nc3sccc23)C1. The molecule has 0 aliphatic carbocycles. The van der Waals surface area contributed by atoms with Gasteiger partial charge in [0.15, 0.2) is 0 Å². The van der Waals surface area contributed by atoms with E-state index in [0.717, 1.165) is 22.6 Å². The van der Waals surface area contributed by atoms with E-state index >= 15 is 0 Å². The van der Waals surface area contributed by atoms with Crippen LogP contribution in [-0.2, 0) is 4.74 Å². The molecule has 8 heteroatoms. The molecule has 3 heterocycles. The van der Waals surface area contributed by atoms with Gasteiger partial charge in [-0.05, 0) is 43.8 Å². The highest BCUT2D eigenvalue weighted by Crippen LogP contribution is 2.27. The number of amides is 1. The molecule has 1 amide bonds. The zero-order valence-corrected chi connectivity index (χ0v) is 14.9. The molecule has 0 saturated carbocycles. The van der Waals surface area contributed by atoms with Crippen molar-refractivity contribution in [3.05, 3.63) is 16.7 Å². The molecule has 0 unspecified atom stereocenters. The number of carbonyl (C=O) groups is 1. The van der Waals surface area contributed by atoms with Crippen LogP contribution in [0, 0.1) is 5.92 Å². The molecule has 2 aromatic rings. The number of rotatable bonds is 3. The second-order valence-electron chi connectivity index (χ2n) is 6.61. The highest BCUT2D eigenvalue weighted by Gasteiger charge is 2.33. The zero-order valence-electron chi connectivity index (χ0n) is 13.3. The van der Waals surface area contributed by atoms with Crippen LogP contribution in [0.5, 0.6) is 0 Å². The molecule has 1 aliphatic rings. The van der Waals surface area contributed by atoms with Crippen molar-refractivity contribution in [2.75, 3.05) is 25.0 Å². The van der Waals surface area contributed by atoms with Crippen molar-refractivity contribution in [2.24, 2.45) is 5.92 Å². The number of fused-ring (bicyclic) bond motifs is 1. The lowest BCUT2D eigenvalue weighted by atomic mass is 10.0. The first kappa shape index (κ1) is 16.3. The van der Waals surface area contributed by atoms with Gasteiger partial charge in [0.25, 0.3) is 0 Å². The molecule has 0 radical (unpaired) electrons. The number of halogens is 1. The van der Waals surface area contributed by atoms with Crippen molar-refractivity contribution in [3.63, 3.8) is 0 Å². The first-order chi connectivity index (χ1) is 10.8. The fourth-order valence-electron chi connectivity index (χ4n) is 2.38. The molecule has 1 N–H and O–H groups in total. The molecule has 23 heavy (non-hydrogen) atoms. The molecule has 1 saturated heterocycles. The number of carbonyl (C=O) groups excluding carboxylic acids is 1. The van der Waals surface area contributed by atoms with Crippen molar-refractivity contribution < 1.29 is 9.53 Å². The first-order valence-corrected chi connectivity index (χ1v) is 8.70. The highest BCUT2D eigenvalue weighted by molar-refractivity contribution is 7.16. The summed E-state index contributed by atoms with van der Waals surface area (Å²) in [5.41, 5.74) is -0.456. The lowest BCUT2D eigenvalue weighted by Crippen LogP contribution is -2.53. The van der Waals surface area contributed by atoms with Crippen molar-refractivity contribution in [1.82, 2.24) is 14.9 Å². The maximum absolute atomic E-state index is 11.9. The van der Waals surface area contributed by atoms with E-state index in [4.69, 9.17) is 16.3 Å². The summed E-state index contributed by atoms with van der Waals surface area (Å²) in [7, 11) is 0. The van der Waals surface area contributed by atoms with E-state index in [9.17, 15) is 4.79 Å². The molecule has 6 nitrogen and oxygen atoms in total. The Morgan fingerprint density at radius 3 is 2.91 bits per heavy atom.